The quantitative estimate of drug-likeness (QED) is 0.0280. The third-order valence-corrected chi connectivity index (χ3v) is 9.24. The van der Waals surface area contributed by atoms with Crippen molar-refractivity contribution in [3.63, 3.8) is 0 Å². The van der Waals surface area contributed by atoms with Gasteiger partial charge in [0.25, 0.3) is 0 Å². The number of phosphoric ester groups is 1. The maximum Gasteiger partial charge on any atom is 0.472 e. The lowest BCUT2D eigenvalue weighted by atomic mass is 10.0. The predicted molar refractivity (Wildman–Crippen MR) is 189 cm³/mol. The first-order valence-electron chi connectivity index (χ1n) is 18.6. The van der Waals surface area contributed by atoms with E-state index in [9.17, 15) is 19.4 Å². The smallest absolute Gasteiger partial charge is 0.387 e. The number of aliphatic hydroxyl groups excluding tert-OH is 1. The molecule has 0 radical (unpaired) electrons. The highest BCUT2D eigenvalue weighted by Gasteiger charge is 2.27. The van der Waals surface area contributed by atoms with Crippen LogP contribution in [0.15, 0.2) is 12.2 Å². The Morgan fingerprint density at radius 1 is 0.733 bits per heavy atom. The van der Waals surface area contributed by atoms with Crippen molar-refractivity contribution < 1.29 is 32.9 Å². The summed E-state index contributed by atoms with van der Waals surface area (Å²) in [5.74, 6) is -0.185. The van der Waals surface area contributed by atoms with Crippen LogP contribution in [0, 0.1) is 0 Å². The number of carbonyl (C=O) groups is 1. The molecule has 0 saturated carbocycles. The van der Waals surface area contributed by atoms with Crippen LogP contribution >= 0.6 is 7.82 Å². The average Bonchev–Trinajstić information content (AvgIpc) is 2.97. The number of carbonyl (C=O) groups excluding carboxylic acids is 1. The van der Waals surface area contributed by atoms with E-state index >= 15 is 0 Å². The van der Waals surface area contributed by atoms with Crippen LogP contribution in [-0.2, 0) is 18.4 Å². The van der Waals surface area contributed by atoms with E-state index in [2.05, 4.69) is 19.2 Å². The minimum absolute atomic E-state index is 0.0637. The second-order valence-corrected chi connectivity index (χ2v) is 15.4. The fourth-order valence-corrected chi connectivity index (χ4v) is 5.95. The standard InChI is InChI=1S/C36H73N2O6P/c1-6-8-10-12-14-15-16-17-18-19-20-21-22-24-25-27-29-35(39)34(33-44-45(41,42)43-32-31-38(3,4)5)37-36(40)30-28-26-23-13-11-9-7-2/h27,29,34-35,39H,6-26,28,30-33H2,1-5H3,(H-,37,40,41,42)/p+1/b29-27+/t34-,35+/m0/s1. The molecule has 0 aliphatic carbocycles. The van der Waals surface area contributed by atoms with Crippen LogP contribution in [0.25, 0.3) is 0 Å². The van der Waals surface area contributed by atoms with Crippen molar-refractivity contribution in [3.05, 3.63) is 12.2 Å². The van der Waals surface area contributed by atoms with Gasteiger partial charge in [-0.15, -0.1) is 0 Å². The lowest BCUT2D eigenvalue weighted by Crippen LogP contribution is -2.45. The largest absolute Gasteiger partial charge is 0.472 e. The molecule has 3 N–H and O–H groups in total. The number of aliphatic hydroxyl groups is 1. The van der Waals surface area contributed by atoms with E-state index in [-0.39, 0.29) is 19.1 Å². The molecule has 0 aliphatic rings. The van der Waals surface area contributed by atoms with E-state index in [1.807, 2.05) is 27.2 Å². The van der Waals surface area contributed by atoms with Gasteiger partial charge in [-0.05, 0) is 19.3 Å². The van der Waals surface area contributed by atoms with Crippen molar-refractivity contribution in [2.24, 2.45) is 0 Å². The first-order valence-corrected chi connectivity index (χ1v) is 20.1. The van der Waals surface area contributed by atoms with E-state index in [4.69, 9.17) is 9.05 Å². The van der Waals surface area contributed by atoms with Crippen molar-refractivity contribution in [1.82, 2.24) is 5.32 Å². The number of nitrogens with one attached hydrogen (secondary N) is 1. The second kappa shape index (κ2) is 29.4. The summed E-state index contributed by atoms with van der Waals surface area (Å²) in [4.78, 5) is 22.8. The second-order valence-electron chi connectivity index (χ2n) is 14.0. The van der Waals surface area contributed by atoms with Crippen LogP contribution in [-0.4, -0.2) is 73.4 Å². The number of unbranched alkanes of at least 4 members (excludes halogenated alkanes) is 20. The number of amides is 1. The molecule has 0 fully saturated rings. The predicted octanol–water partition coefficient (Wildman–Crippen LogP) is 9.24. The van der Waals surface area contributed by atoms with Crippen molar-refractivity contribution in [2.45, 2.75) is 174 Å². The van der Waals surface area contributed by atoms with Crippen LogP contribution in [0.2, 0.25) is 0 Å². The zero-order valence-electron chi connectivity index (χ0n) is 30.1. The molecule has 0 bridgehead atoms. The zero-order chi connectivity index (χ0) is 33.7. The Hall–Kier alpha value is -0.760. The highest BCUT2D eigenvalue weighted by molar-refractivity contribution is 7.47. The maximum atomic E-state index is 12.7. The van der Waals surface area contributed by atoms with Gasteiger partial charge in [0.15, 0.2) is 0 Å². The van der Waals surface area contributed by atoms with Gasteiger partial charge >= 0.3 is 7.82 Å². The lowest BCUT2D eigenvalue weighted by Gasteiger charge is -2.25. The normalized spacial score (nSPS) is 14.9. The van der Waals surface area contributed by atoms with Gasteiger partial charge in [0, 0.05) is 6.42 Å². The van der Waals surface area contributed by atoms with Crippen LogP contribution in [0.1, 0.15) is 162 Å². The minimum atomic E-state index is -4.32. The summed E-state index contributed by atoms with van der Waals surface area (Å²) < 4.78 is 23.4. The Balaban J connectivity index is 4.46. The SMILES string of the molecule is CCCCCCCCCCCCCCCC/C=C/[C@@H](O)[C@H](COP(=O)(O)OCC[N+](C)(C)C)NC(=O)CCCCCCCCC. The molecule has 45 heavy (non-hydrogen) atoms. The molecule has 0 aliphatic heterocycles. The lowest BCUT2D eigenvalue weighted by molar-refractivity contribution is -0.870. The Bertz CT molecular complexity index is 758. The van der Waals surface area contributed by atoms with Crippen LogP contribution < -0.4 is 5.32 Å². The number of phosphoric acid groups is 1. The molecule has 268 valence electrons. The summed E-state index contributed by atoms with van der Waals surface area (Å²) in [6.07, 6.45) is 30.0. The van der Waals surface area contributed by atoms with Crippen molar-refractivity contribution in [2.75, 3.05) is 40.9 Å². The molecule has 0 aromatic carbocycles. The third-order valence-electron chi connectivity index (χ3n) is 8.26. The summed E-state index contributed by atoms with van der Waals surface area (Å²) >= 11 is 0. The molecular weight excluding hydrogens is 587 g/mol. The fourth-order valence-electron chi connectivity index (χ4n) is 5.22. The monoisotopic (exact) mass is 662 g/mol. The summed E-state index contributed by atoms with van der Waals surface area (Å²) in [6, 6.07) is -0.836. The molecule has 9 heteroatoms. The fraction of sp³-hybridized carbons (Fsp3) is 0.917. The number of hydrogen-bond acceptors (Lipinski definition) is 5. The summed E-state index contributed by atoms with van der Waals surface area (Å²) in [6.45, 7) is 4.75. The molecule has 1 unspecified atom stereocenters. The molecule has 3 atom stereocenters. The highest BCUT2D eigenvalue weighted by Crippen LogP contribution is 2.43. The Labute approximate surface area is 278 Å². The molecular formula is C36H74N2O6P+. The maximum absolute atomic E-state index is 12.7. The van der Waals surface area contributed by atoms with E-state index in [0.717, 1.165) is 38.5 Å². The van der Waals surface area contributed by atoms with Gasteiger partial charge in [0.1, 0.15) is 13.2 Å². The van der Waals surface area contributed by atoms with Gasteiger partial charge < -0.3 is 19.8 Å². The molecule has 0 heterocycles. The van der Waals surface area contributed by atoms with Crippen molar-refractivity contribution >= 4 is 13.7 Å². The van der Waals surface area contributed by atoms with E-state index in [1.54, 1.807) is 6.08 Å². The minimum Gasteiger partial charge on any atom is -0.387 e. The topological polar surface area (TPSA) is 105 Å². The Morgan fingerprint density at radius 2 is 1.18 bits per heavy atom. The number of likely N-dealkylation sites (N-methyl/N-ethyl adjacent to an activating group) is 1. The molecule has 1 amide bonds. The first kappa shape index (κ1) is 44.2. The number of rotatable bonds is 33. The zero-order valence-corrected chi connectivity index (χ0v) is 31.0. The number of allylic oxidation sites excluding steroid dienone is 1. The van der Waals surface area contributed by atoms with Crippen LogP contribution in [0.3, 0.4) is 0 Å². The number of quaternary nitrogens is 1. The highest BCUT2D eigenvalue weighted by atomic mass is 31.2. The van der Waals surface area contributed by atoms with Gasteiger partial charge in [-0.1, -0.05) is 148 Å². The van der Waals surface area contributed by atoms with Gasteiger partial charge in [-0.2, -0.15) is 0 Å². The van der Waals surface area contributed by atoms with E-state index in [1.165, 1.54) is 103 Å². The van der Waals surface area contributed by atoms with E-state index < -0.39 is 20.0 Å². The third kappa shape index (κ3) is 31.6. The van der Waals surface area contributed by atoms with Crippen LogP contribution in [0.4, 0.5) is 0 Å². The average molecular weight is 662 g/mol. The Morgan fingerprint density at radius 3 is 1.64 bits per heavy atom. The van der Waals surface area contributed by atoms with Gasteiger partial charge in [0.2, 0.25) is 5.91 Å². The molecule has 0 rings (SSSR count). The van der Waals surface area contributed by atoms with Gasteiger partial charge in [0.05, 0.1) is 39.9 Å². The first-order chi connectivity index (χ1) is 21.5. The van der Waals surface area contributed by atoms with Crippen molar-refractivity contribution in [3.8, 4) is 0 Å². The molecule has 0 spiro atoms. The number of nitrogens with zero attached hydrogens (tertiary/aromatic N) is 1. The van der Waals surface area contributed by atoms with Crippen LogP contribution in [0.5, 0.6) is 0 Å². The van der Waals surface area contributed by atoms with Crippen molar-refractivity contribution in [1.29, 1.82) is 0 Å². The summed E-state index contributed by atoms with van der Waals surface area (Å²) in [5, 5.41) is 13.7. The molecule has 8 nitrogen and oxygen atoms in total. The molecule has 0 saturated heterocycles. The Kier molecular flexibility index (Phi) is 28.9. The van der Waals surface area contributed by atoms with Gasteiger partial charge in [-0.25, -0.2) is 4.57 Å². The molecule has 0 aromatic rings. The summed E-state index contributed by atoms with van der Waals surface area (Å²) in [7, 11) is 1.57. The van der Waals surface area contributed by atoms with E-state index in [0.29, 0.717) is 17.4 Å². The summed E-state index contributed by atoms with van der Waals surface area (Å²) in [5.41, 5.74) is 0. The number of hydrogen-bond donors (Lipinski definition) is 3. The molecule has 0 aromatic heterocycles. The van der Waals surface area contributed by atoms with Gasteiger partial charge in [-0.3, -0.25) is 13.8 Å².